The fourth-order valence-corrected chi connectivity index (χ4v) is 4.15. The number of hydrogen-bond acceptors (Lipinski definition) is 9. The zero-order valence-electron chi connectivity index (χ0n) is 17.6. The van der Waals surface area contributed by atoms with Gasteiger partial charge >= 0.3 is 0 Å². The third-order valence-electron chi connectivity index (χ3n) is 5.56. The van der Waals surface area contributed by atoms with Gasteiger partial charge in [-0.2, -0.15) is 4.98 Å². The lowest BCUT2D eigenvalue weighted by Crippen LogP contribution is -2.34. The molecule has 3 aromatic rings. The molecule has 13 heteroatoms. The molecule has 10 nitrogen and oxygen atoms in total. The number of halogens is 3. The SMILES string of the molecule is OCCOc1cc(F)c(CNc2nc3nc(O[C@@H]4CO[C@H]5[C@@H]4OC[C@H]5O)[nH]c3cc2Cl)c(F)c1. The summed E-state index contributed by atoms with van der Waals surface area (Å²) in [6, 6.07) is 3.81. The van der Waals surface area contributed by atoms with Gasteiger partial charge in [0.1, 0.15) is 48.1 Å². The van der Waals surface area contributed by atoms with Gasteiger partial charge in [0.2, 0.25) is 0 Å². The molecule has 4 heterocycles. The third kappa shape index (κ3) is 4.46. The van der Waals surface area contributed by atoms with Crippen LogP contribution in [-0.2, 0) is 16.0 Å². The number of aliphatic hydroxyl groups excluding tert-OH is 2. The summed E-state index contributed by atoms with van der Waals surface area (Å²) in [5.41, 5.74) is 0.546. The summed E-state index contributed by atoms with van der Waals surface area (Å²) < 4.78 is 50.7. The first-order chi connectivity index (χ1) is 16.4. The molecule has 5 rings (SSSR count). The van der Waals surface area contributed by atoms with Crippen molar-refractivity contribution in [3.05, 3.63) is 40.4 Å². The van der Waals surface area contributed by atoms with E-state index >= 15 is 0 Å². The van der Waals surface area contributed by atoms with Gasteiger partial charge in [-0.05, 0) is 6.07 Å². The van der Waals surface area contributed by atoms with Gasteiger partial charge < -0.3 is 39.5 Å². The first kappa shape index (κ1) is 23.0. The molecule has 0 unspecified atom stereocenters. The average Bonchev–Trinajstić information content (AvgIpc) is 3.48. The molecular weight excluding hydrogens is 478 g/mol. The van der Waals surface area contributed by atoms with Crippen molar-refractivity contribution < 1.29 is 37.9 Å². The Hall–Kier alpha value is -2.77. The molecular formula is C21H21ClF2N4O6. The number of nitrogens with zero attached hydrogens (tertiary/aromatic N) is 2. The van der Waals surface area contributed by atoms with Crippen LogP contribution in [-0.4, -0.2) is 76.0 Å². The number of pyridine rings is 1. The molecule has 0 radical (unpaired) electrons. The van der Waals surface area contributed by atoms with E-state index in [1.165, 1.54) is 0 Å². The van der Waals surface area contributed by atoms with E-state index in [2.05, 4.69) is 20.3 Å². The number of H-pyrrole nitrogens is 1. The van der Waals surface area contributed by atoms with E-state index in [-0.39, 0.29) is 66.8 Å². The smallest absolute Gasteiger partial charge is 0.296 e. The fraction of sp³-hybridized carbons (Fsp3) is 0.429. The highest BCUT2D eigenvalue weighted by atomic mass is 35.5. The van der Waals surface area contributed by atoms with E-state index in [1.807, 2.05) is 0 Å². The van der Waals surface area contributed by atoms with Crippen LogP contribution in [0.4, 0.5) is 14.6 Å². The van der Waals surface area contributed by atoms with Crippen molar-refractivity contribution in [2.45, 2.75) is 31.0 Å². The van der Waals surface area contributed by atoms with Gasteiger partial charge in [-0.1, -0.05) is 11.6 Å². The molecule has 2 aliphatic rings. The monoisotopic (exact) mass is 498 g/mol. The maximum Gasteiger partial charge on any atom is 0.296 e. The van der Waals surface area contributed by atoms with Gasteiger partial charge in [-0.15, -0.1) is 0 Å². The number of fused-ring (bicyclic) bond motifs is 2. The van der Waals surface area contributed by atoms with Gasteiger partial charge in [0.05, 0.1) is 30.4 Å². The van der Waals surface area contributed by atoms with Crippen molar-refractivity contribution in [2.24, 2.45) is 0 Å². The van der Waals surface area contributed by atoms with Gasteiger partial charge in [-0.25, -0.2) is 13.8 Å². The lowest BCUT2D eigenvalue weighted by atomic mass is 10.1. The molecule has 0 spiro atoms. The number of anilines is 1. The predicted molar refractivity (Wildman–Crippen MR) is 115 cm³/mol. The number of aromatic nitrogens is 3. The molecule has 0 amide bonds. The second kappa shape index (κ2) is 9.47. The summed E-state index contributed by atoms with van der Waals surface area (Å²) in [6.07, 6.45) is -1.98. The molecule has 0 aliphatic carbocycles. The van der Waals surface area contributed by atoms with Crippen molar-refractivity contribution in [1.82, 2.24) is 15.0 Å². The second-order valence-electron chi connectivity index (χ2n) is 7.84. The highest BCUT2D eigenvalue weighted by molar-refractivity contribution is 6.33. The summed E-state index contributed by atoms with van der Waals surface area (Å²) in [5.74, 6) is -1.47. The van der Waals surface area contributed by atoms with Crippen LogP contribution in [0.5, 0.6) is 11.8 Å². The Balaban J connectivity index is 1.29. The van der Waals surface area contributed by atoms with E-state index < -0.39 is 36.1 Å². The van der Waals surface area contributed by atoms with Crippen molar-refractivity contribution in [3.63, 3.8) is 0 Å². The molecule has 182 valence electrons. The molecule has 4 N–H and O–H groups in total. The lowest BCUT2D eigenvalue weighted by Gasteiger charge is -2.15. The van der Waals surface area contributed by atoms with Crippen LogP contribution >= 0.6 is 11.6 Å². The largest absolute Gasteiger partial charge is 0.491 e. The third-order valence-corrected chi connectivity index (χ3v) is 5.85. The molecule has 0 saturated carbocycles. The Kier molecular flexibility index (Phi) is 6.40. The highest BCUT2D eigenvalue weighted by Gasteiger charge is 2.48. The van der Waals surface area contributed by atoms with Crippen molar-refractivity contribution in [3.8, 4) is 11.8 Å². The molecule has 4 atom stereocenters. The number of benzene rings is 1. The molecule has 2 saturated heterocycles. The Morgan fingerprint density at radius 2 is 1.91 bits per heavy atom. The maximum absolute atomic E-state index is 14.4. The standard InChI is InChI=1S/C21H21ClF2N4O6/c22-11-5-14-20(28-21(26-14)34-16-8-33-17-15(30)7-32-18(16)17)27-19(11)25-6-10-12(23)3-9(4-13(10)24)31-2-1-29/h3-5,15-18,29-30H,1-2,6-8H2,(H2,25,26,27,28)/t15-,16-,17-,18-/m1/s1. The quantitative estimate of drug-likeness (QED) is 0.367. The lowest BCUT2D eigenvalue weighted by molar-refractivity contribution is 0.00706. The topological polar surface area (TPSA) is 131 Å². The van der Waals surface area contributed by atoms with E-state index in [4.69, 9.17) is 35.7 Å². The van der Waals surface area contributed by atoms with Crippen LogP contribution in [0.2, 0.25) is 5.02 Å². The number of aromatic amines is 1. The van der Waals surface area contributed by atoms with Crippen LogP contribution < -0.4 is 14.8 Å². The van der Waals surface area contributed by atoms with Crippen molar-refractivity contribution in [2.75, 3.05) is 31.7 Å². The van der Waals surface area contributed by atoms with Crippen molar-refractivity contribution in [1.29, 1.82) is 0 Å². The van der Waals surface area contributed by atoms with Crippen LogP contribution in [0.1, 0.15) is 5.56 Å². The summed E-state index contributed by atoms with van der Waals surface area (Å²) >= 11 is 6.29. The number of aliphatic hydroxyl groups is 2. The van der Waals surface area contributed by atoms with Gasteiger partial charge in [0, 0.05) is 24.2 Å². The fourth-order valence-electron chi connectivity index (χ4n) is 3.93. The van der Waals surface area contributed by atoms with Crippen molar-refractivity contribution >= 4 is 28.6 Å². The zero-order valence-corrected chi connectivity index (χ0v) is 18.4. The second-order valence-corrected chi connectivity index (χ2v) is 8.25. The van der Waals surface area contributed by atoms with E-state index in [1.54, 1.807) is 6.07 Å². The number of nitrogens with one attached hydrogen (secondary N) is 2. The molecule has 2 aromatic heterocycles. The van der Waals surface area contributed by atoms with Gasteiger partial charge in [-0.3, -0.25) is 0 Å². The first-order valence-electron chi connectivity index (χ1n) is 10.5. The van der Waals surface area contributed by atoms with Crippen LogP contribution in [0, 0.1) is 11.6 Å². The molecule has 2 fully saturated rings. The predicted octanol–water partition coefficient (Wildman–Crippen LogP) is 1.78. The van der Waals surface area contributed by atoms with Crippen LogP contribution in [0.25, 0.3) is 11.2 Å². The molecule has 1 aromatic carbocycles. The average molecular weight is 499 g/mol. The van der Waals surface area contributed by atoms with Crippen LogP contribution in [0.15, 0.2) is 18.2 Å². The van der Waals surface area contributed by atoms with E-state index in [0.717, 1.165) is 12.1 Å². The summed E-state index contributed by atoms with van der Waals surface area (Å²) in [7, 11) is 0. The minimum atomic E-state index is -0.815. The molecule has 34 heavy (non-hydrogen) atoms. The minimum Gasteiger partial charge on any atom is -0.491 e. The highest BCUT2D eigenvalue weighted by Crippen LogP contribution is 2.31. The van der Waals surface area contributed by atoms with E-state index in [9.17, 15) is 13.9 Å². The summed E-state index contributed by atoms with van der Waals surface area (Å²) in [6.45, 7) is -0.153. The molecule has 0 bridgehead atoms. The normalized spacial score (nSPS) is 23.9. The number of ether oxygens (including phenoxy) is 4. The number of hydrogen-bond donors (Lipinski definition) is 4. The van der Waals surface area contributed by atoms with Gasteiger partial charge in [0.15, 0.2) is 11.8 Å². The Bertz CT molecular complexity index is 1170. The minimum absolute atomic E-state index is 0.0223. The van der Waals surface area contributed by atoms with E-state index in [0.29, 0.717) is 5.52 Å². The zero-order chi connectivity index (χ0) is 23.8. The first-order valence-corrected chi connectivity index (χ1v) is 10.9. The Morgan fingerprint density at radius 3 is 2.68 bits per heavy atom. The summed E-state index contributed by atoms with van der Waals surface area (Å²) in [4.78, 5) is 11.6. The Labute approximate surface area is 196 Å². The molecule has 2 aliphatic heterocycles. The van der Waals surface area contributed by atoms with Crippen LogP contribution in [0.3, 0.4) is 0 Å². The summed E-state index contributed by atoms with van der Waals surface area (Å²) in [5, 5.41) is 21.6. The van der Waals surface area contributed by atoms with Gasteiger partial charge in [0.25, 0.3) is 6.01 Å². The Morgan fingerprint density at radius 1 is 1.15 bits per heavy atom. The number of imidazole rings is 1. The number of rotatable bonds is 8. The maximum atomic E-state index is 14.4.